The van der Waals surface area contributed by atoms with Crippen LogP contribution in [0.4, 0.5) is 5.69 Å². The third-order valence-corrected chi connectivity index (χ3v) is 2.06. The van der Waals surface area contributed by atoms with Crippen molar-refractivity contribution in [2.75, 3.05) is 11.8 Å². The fourth-order valence-electron chi connectivity index (χ4n) is 1.05. The van der Waals surface area contributed by atoms with Crippen molar-refractivity contribution >= 4 is 46.1 Å². The van der Waals surface area contributed by atoms with Crippen LogP contribution in [0.2, 0.25) is 0 Å². The molecule has 0 fully saturated rings. The van der Waals surface area contributed by atoms with Gasteiger partial charge in [0.1, 0.15) is 5.75 Å². The number of methoxy groups -OCH3 is 1. The number of ether oxygens (including phenoxy) is 1. The molecule has 0 saturated carbocycles. The van der Waals surface area contributed by atoms with Crippen molar-refractivity contribution in [3.8, 4) is 5.75 Å². The zero-order valence-electron chi connectivity index (χ0n) is 8.40. The molecule has 0 heterocycles. The summed E-state index contributed by atoms with van der Waals surface area (Å²) in [7, 11) is -1.15. The molecule has 0 spiro atoms. The van der Waals surface area contributed by atoms with E-state index in [-0.39, 0.29) is 29.6 Å². The number of anilines is 1. The molecule has 0 aliphatic heterocycles. The maximum absolute atomic E-state index is 10.5. The molecule has 0 aromatic heterocycles. The van der Waals surface area contributed by atoms with Gasteiger partial charge in [-0.1, -0.05) is 12.1 Å². The zero-order chi connectivity index (χ0) is 9.84. The molecule has 0 amide bonds. The van der Waals surface area contributed by atoms with E-state index in [2.05, 4.69) is 4.72 Å². The SMILES string of the molecule is COc1cccc(C)c1N[SH](=O)=O.[Na]. The van der Waals surface area contributed by atoms with Gasteiger partial charge in [-0.05, 0) is 18.6 Å². The number of nitrogens with one attached hydrogen (secondary N) is 1. The van der Waals surface area contributed by atoms with Crippen LogP contribution in [0.15, 0.2) is 18.2 Å². The number of aryl methyl sites for hydroxylation is 1. The zero-order valence-corrected chi connectivity index (χ0v) is 11.3. The van der Waals surface area contributed by atoms with Crippen LogP contribution in [0.25, 0.3) is 0 Å². The van der Waals surface area contributed by atoms with Crippen LogP contribution < -0.4 is 9.46 Å². The maximum Gasteiger partial charge on any atom is 0.222 e. The Balaban J connectivity index is 0.00000169. The topological polar surface area (TPSA) is 55.4 Å². The fraction of sp³-hybridized carbons (Fsp3) is 0.250. The largest absolute Gasteiger partial charge is 0.495 e. The molecule has 14 heavy (non-hydrogen) atoms. The molecule has 1 aromatic rings. The summed E-state index contributed by atoms with van der Waals surface area (Å²) < 4.78 is 28.2. The number of benzene rings is 1. The minimum atomic E-state index is -2.64. The molecule has 73 valence electrons. The second-order valence-corrected chi connectivity index (χ2v) is 3.26. The normalized spacial score (nSPS) is 9.36. The second-order valence-electron chi connectivity index (χ2n) is 2.52. The first-order chi connectivity index (χ1) is 6.15. The summed E-state index contributed by atoms with van der Waals surface area (Å²) in [6.07, 6.45) is 0. The Morgan fingerprint density at radius 2 is 2.00 bits per heavy atom. The van der Waals surface area contributed by atoms with Gasteiger partial charge >= 0.3 is 0 Å². The molecule has 0 saturated heterocycles. The van der Waals surface area contributed by atoms with Crippen LogP contribution in [0, 0.1) is 6.92 Å². The Morgan fingerprint density at radius 3 is 2.50 bits per heavy atom. The Labute approximate surface area is 107 Å². The molecule has 0 aliphatic rings. The number of hydrogen-bond acceptors (Lipinski definition) is 3. The third kappa shape index (κ3) is 3.49. The number of hydrogen-bond donors (Lipinski definition) is 2. The minimum absolute atomic E-state index is 0. The van der Waals surface area contributed by atoms with Crippen molar-refractivity contribution in [3.05, 3.63) is 23.8 Å². The van der Waals surface area contributed by atoms with Crippen LogP contribution in [-0.4, -0.2) is 45.1 Å². The Bertz CT molecular complexity index is 371. The molecule has 1 rings (SSSR count). The summed E-state index contributed by atoms with van der Waals surface area (Å²) in [5, 5.41) is 0. The van der Waals surface area contributed by atoms with Crippen LogP contribution in [-0.2, 0) is 10.9 Å². The van der Waals surface area contributed by atoms with E-state index in [0.29, 0.717) is 11.4 Å². The summed E-state index contributed by atoms with van der Waals surface area (Å²) in [6, 6.07) is 5.31. The second kappa shape index (κ2) is 6.29. The van der Waals surface area contributed by atoms with Gasteiger partial charge in [0.2, 0.25) is 10.9 Å². The van der Waals surface area contributed by atoms with E-state index in [4.69, 9.17) is 4.74 Å². The Kier molecular flexibility index (Phi) is 6.19. The predicted molar refractivity (Wildman–Crippen MR) is 57.4 cm³/mol. The summed E-state index contributed by atoms with van der Waals surface area (Å²) in [6.45, 7) is 1.81. The first-order valence-corrected chi connectivity index (χ1v) is 4.87. The molecule has 4 nitrogen and oxygen atoms in total. The van der Waals surface area contributed by atoms with E-state index in [1.54, 1.807) is 12.1 Å². The number of thiol groups is 1. The van der Waals surface area contributed by atoms with Crippen molar-refractivity contribution < 1.29 is 13.2 Å². The molecular formula is C8H11NNaO3S. The molecule has 0 unspecified atom stereocenters. The molecule has 1 radical (unpaired) electrons. The van der Waals surface area contributed by atoms with Crippen LogP contribution in [0.1, 0.15) is 5.56 Å². The quantitative estimate of drug-likeness (QED) is 0.582. The molecule has 0 aliphatic carbocycles. The molecule has 1 N–H and O–H groups in total. The predicted octanol–water partition coefficient (Wildman–Crippen LogP) is 0.561. The molecular weight excluding hydrogens is 213 g/mol. The number of para-hydroxylation sites is 1. The summed E-state index contributed by atoms with van der Waals surface area (Å²) in [4.78, 5) is 0. The Morgan fingerprint density at radius 1 is 1.36 bits per heavy atom. The smallest absolute Gasteiger partial charge is 0.222 e. The van der Waals surface area contributed by atoms with Crippen LogP contribution >= 0.6 is 0 Å². The van der Waals surface area contributed by atoms with E-state index >= 15 is 0 Å². The fourth-order valence-corrected chi connectivity index (χ4v) is 1.51. The summed E-state index contributed by atoms with van der Waals surface area (Å²) >= 11 is 0. The van der Waals surface area contributed by atoms with Crippen LogP contribution in [0.3, 0.4) is 0 Å². The first-order valence-electron chi connectivity index (χ1n) is 3.70. The third-order valence-electron chi connectivity index (χ3n) is 1.66. The average Bonchev–Trinajstić information content (AvgIpc) is 2.08. The first kappa shape index (κ1) is 13.8. The van der Waals surface area contributed by atoms with Crippen molar-refractivity contribution in [2.45, 2.75) is 6.92 Å². The number of rotatable bonds is 3. The van der Waals surface area contributed by atoms with Crippen molar-refractivity contribution in [2.24, 2.45) is 0 Å². The van der Waals surface area contributed by atoms with Gasteiger partial charge in [0.15, 0.2) is 0 Å². The van der Waals surface area contributed by atoms with Gasteiger partial charge in [0.05, 0.1) is 12.8 Å². The standard InChI is InChI=1S/C8H11NO3S.Na/c1-6-4-3-5-7(12-2)8(6)9-13(10)11;/h3-5,13H,1-2H3,(H,9,10,11);. The maximum atomic E-state index is 10.5. The van der Waals surface area contributed by atoms with E-state index < -0.39 is 10.9 Å². The molecule has 1 aromatic carbocycles. The van der Waals surface area contributed by atoms with E-state index in [1.165, 1.54) is 7.11 Å². The molecule has 0 bridgehead atoms. The molecule has 6 heteroatoms. The van der Waals surface area contributed by atoms with E-state index in [0.717, 1.165) is 5.56 Å². The van der Waals surface area contributed by atoms with Gasteiger partial charge in [-0.25, -0.2) is 8.42 Å². The van der Waals surface area contributed by atoms with Crippen molar-refractivity contribution in [1.82, 2.24) is 0 Å². The van der Waals surface area contributed by atoms with Gasteiger partial charge in [0, 0.05) is 29.6 Å². The monoisotopic (exact) mass is 224 g/mol. The van der Waals surface area contributed by atoms with E-state index in [9.17, 15) is 8.42 Å². The summed E-state index contributed by atoms with van der Waals surface area (Å²) in [5.74, 6) is 0.527. The average molecular weight is 224 g/mol. The Hall–Kier alpha value is -0.230. The van der Waals surface area contributed by atoms with Crippen molar-refractivity contribution in [1.29, 1.82) is 0 Å². The van der Waals surface area contributed by atoms with Gasteiger partial charge in [0.25, 0.3) is 0 Å². The van der Waals surface area contributed by atoms with E-state index in [1.807, 2.05) is 13.0 Å². The van der Waals surface area contributed by atoms with Gasteiger partial charge in [-0.3, -0.25) is 4.72 Å². The van der Waals surface area contributed by atoms with Gasteiger partial charge in [-0.2, -0.15) is 0 Å². The van der Waals surface area contributed by atoms with Crippen molar-refractivity contribution in [3.63, 3.8) is 0 Å². The minimum Gasteiger partial charge on any atom is -0.495 e. The molecule has 0 atom stereocenters. The van der Waals surface area contributed by atoms with Crippen LogP contribution in [0.5, 0.6) is 5.75 Å². The van der Waals surface area contributed by atoms with Gasteiger partial charge in [-0.15, -0.1) is 0 Å². The summed E-state index contributed by atoms with van der Waals surface area (Å²) in [5.41, 5.74) is 1.33. The van der Waals surface area contributed by atoms with Gasteiger partial charge < -0.3 is 4.74 Å².